The Hall–Kier alpha value is -3.17. The summed E-state index contributed by atoms with van der Waals surface area (Å²) in [6.07, 6.45) is 1.73. The van der Waals surface area contributed by atoms with Crippen molar-refractivity contribution < 1.29 is 18.7 Å². The summed E-state index contributed by atoms with van der Waals surface area (Å²) in [6.45, 7) is 4.04. The lowest BCUT2D eigenvalue weighted by atomic mass is 10.2. The minimum Gasteiger partial charge on any atom is -0.497 e. The Morgan fingerprint density at radius 1 is 1.16 bits per heavy atom. The van der Waals surface area contributed by atoms with Crippen molar-refractivity contribution in [2.24, 2.45) is 0 Å². The lowest BCUT2D eigenvalue weighted by Gasteiger charge is -2.34. The van der Waals surface area contributed by atoms with Gasteiger partial charge in [0.1, 0.15) is 10.8 Å². The van der Waals surface area contributed by atoms with Crippen molar-refractivity contribution in [3.63, 3.8) is 0 Å². The number of hydrogen-bond acceptors (Lipinski definition) is 7. The molecule has 3 aromatic rings. The van der Waals surface area contributed by atoms with Crippen molar-refractivity contribution in [1.29, 1.82) is 0 Å². The van der Waals surface area contributed by atoms with E-state index in [1.165, 1.54) is 6.26 Å². The summed E-state index contributed by atoms with van der Waals surface area (Å²) in [5.74, 6) is 0.839. The number of nitrogens with zero attached hydrogens (tertiary/aromatic N) is 3. The van der Waals surface area contributed by atoms with Crippen molar-refractivity contribution in [3.05, 3.63) is 59.5 Å². The van der Waals surface area contributed by atoms with E-state index in [4.69, 9.17) is 14.1 Å². The van der Waals surface area contributed by atoms with Crippen molar-refractivity contribution in [1.82, 2.24) is 20.1 Å². The van der Waals surface area contributed by atoms with E-state index in [1.807, 2.05) is 29.2 Å². The Bertz CT molecular complexity index is 1020. The van der Waals surface area contributed by atoms with Gasteiger partial charge in [-0.3, -0.25) is 14.5 Å². The van der Waals surface area contributed by atoms with E-state index < -0.39 is 0 Å². The molecule has 0 unspecified atom stereocenters. The number of amides is 2. The van der Waals surface area contributed by atoms with Gasteiger partial charge in [0.25, 0.3) is 5.91 Å². The van der Waals surface area contributed by atoms with E-state index in [1.54, 1.807) is 30.6 Å². The highest BCUT2D eigenvalue weighted by atomic mass is 32.1. The van der Waals surface area contributed by atoms with Gasteiger partial charge in [-0.05, 0) is 36.4 Å². The van der Waals surface area contributed by atoms with Crippen LogP contribution in [0.5, 0.6) is 5.75 Å². The summed E-state index contributed by atoms with van der Waals surface area (Å²) in [7, 11) is 1.66. The second kappa shape index (κ2) is 10.4. The zero-order valence-corrected chi connectivity index (χ0v) is 18.8. The number of benzene rings is 1. The number of aromatic nitrogens is 1. The molecule has 1 N–H and O–H groups in total. The first kappa shape index (κ1) is 22.0. The van der Waals surface area contributed by atoms with Gasteiger partial charge in [-0.15, -0.1) is 11.3 Å². The number of nitrogens with one attached hydrogen (secondary N) is 1. The molecule has 0 saturated carbocycles. The molecule has 0 spiro atoms. The molecule has 1 aliphatic heterocycles. The standard InChI is InChI=1S/C23H26N4O4S/c1-30-19-6-4-17(5-7-19)23-25-18(16-32-23)15-26-10-12-27(13-11-26)21(28)8-9-24-22(29)20-3-2-14-31-20/h2-7,14,16H,8-13,15H2,1H3,(H,24,29). The van der Waals surface area contributed by atoms with Gasteiger partial charge >= 0.3 is 0 Å². The van der Waals surface area contributed by atoms with Gasteiger partial charge in [-0.1, -0.05) is 0 Å². The normalized spacial score (nSPS) is 14.3. The molecule has 2 aromatic heterocycles. The van der Waals surface area contributed by atoms with E-state index in [-0.39, 0.29) is 24.0 Å². The van der Waals surface area contributed by atoms with Crippen molar-refractivity contribution in [2.75, 3.05) is 39.8 Å². The number of methoxy groups -OCH3 is 1. The van der Waals surface area contributed by atoms with Crippen LogP contribution < -0.4 is 10.1 Å². The van der Waals surface area contributed by atoms with Crippen LogP contribution >= 0.6 is 11.3 Å². The third kappa shape index (κ3) is 5.54. The van der Waals surface area contributed by atoms with Gasteiger partial charge < -0.3 is 19.4 Å². The number of carbonyl (C=O) groups excluding carboxylic acids is 2. The molecular weight excluding hydrogens is 428 g/mol. The molecule has 1 fully saturated rings. The Morgan fingerprint density at radius 2 is 1.94 bits per heavy atom. The monoisotopic (exact) mass is 454 g/mol. The van der Waals surface area contributed by atoms with Crippen LogP contribution in [0, 0.1) is 0 Å². The molecule has 2 amide bonds. The van der Waals surface area contributed by atoms with Crippen LogP contribution in [0.25, 0.3) is 10.6 Å². The Balaban J connectivity index is 1.19. The average molecular weight is 455 g/mol. The minimum absolute atomic E-state index is 0.0554. The van der Waals surface area contributed by atoms with Crippen molar-refractivity contribution >= 4 is 23.2 Å². The van der Waals surface area contributed by atoms with Crippen LogP contribution in [0.4, 0.5) is 0 Å². The molecule has 168 valence electrons. The number of hydrogen-bond donors (Lipinski definition) is 1. The van der Waals surface area contributed by atoms with Crippen LogP contribution in [0.15, 0.2) is 52.5 Å². The number of piperazine rings is 1. The molecule has 9 heteroatoms. The molecule has 0 atom stereocenters. The maximum atomic E-state index is 12.5. The maximum absolute atomic E-state index is 12.5. The molecule has 32 heavy (non-hydrogen) atoms. The molecule has 8 nitrogen and oxygen atoms in total. The second-order valence-electron chi connectivity index (χ2n) is 7.51. The molecule has 1 saturated heterocycles. The molecule has 3 heterocycles. The van der Waals surface area contributed by atoms with Crippen LogP contribution in [0.1, 0.15) is 22.7 Å². The third-order valence-corrected chi connectivity index (χ3v) is 6.31. The molecule has 0 radical (unpaired) electrons. The Labute approximate surface area is 190 Å². The van der Waals surface area contributed by atoms with E-state index in [0.717, 1.165) is 41.6 Å². The second-order valence-corrected chi connectivity index (χ2v) is 8.37. The van der Waals surface area contributed by atoms with E-state index in [2.05, 4.69) is 15.6 Å². The summed E-state index contributed by atoms with van der Waals surface area (Å²) < 4.78 is 10.3. The molecule has 1 aliphatic rings. The van der Waals surface area contributed by atoms with Gasteiger partial charge in [0.05, 0.1) is 19.1 Å². The number of carbonyl (C=O) groups is 2. The topological polar surface area (TPSA) is 87.9 Å². The number of thiazole rings is 1. The first-order valence-corrected chi connectivity index (χ1v) is 11.4. The van der Waals surface area contributed by atoms with E-state index >= 15 is 0 Å². The molecule has 0 aliphatic carbocycles. The van der Waals surface area contributed by atoms with Crippen LogP contribution in [0.2, 0.25) is 0 Å². The predicted octanol–water partition coefficient (Wildman–Crippen LogP) is 2.88. The van der Waals surface area contributed by atoms with Crippen LogP contribution in [-0.2, 0) is 11.3 Å². The van der Waals surface area contributed by atoms with Gasteiger partial charge in [0.15, 0.2) is 5.76 Å². The first-order chi connectivity index (χ1) is 15.6. The zero-order valence-electron chi connectivity index (χ0n) is 18.0. The fourth-order valence-corrected chi connectivity index (χ4v) is 4.38. The summed E-state index contributed by atoms with van der Waals surface area (Å²) >= 11 is 1.64. The molecule has 4 rings (SSSR count). The molecular formula is C23H26N4O4S. The maximum Gasteiger partial charge on any atom is 0.286 e. The Kier molecular flexibility index (Phi) is 7.18. The number of rotatable bonds is 8. The average Bonchev–Trinajstić information content (AvgIpc) is 3.52. The van der Waals surface area contributed by atoms with Gasteiger partial charge in [0, 0.05) is 56.6 Å². The molecule has 0 bridgehead atoms. The fraction of sp³-hybridized carbons (Fsp3) is 0.348. The summed E-state index contributed by atoms with van der Waals surface area (Å²) in [4.78, 5) is 33.2. The van der Waals surface area contributed by atoms with Gasteiger partial charge in [-0.25, -0.2) is 4.98 Å². The van der Waals surface area contributed by atoms with Crippen LogP contribution in [-0.4, -0.2) is 66.4 Å². The number of ether oxygens (including phenoxy) is 1. The quantitative estimate of drug-likeness (QED) is 0.563. The molecule has 1 aromatic carbocycles. The van der Waals surface area contributed by atoms with Crippen molar-refractivity contribution in [3.8, 4) is 16.3 Å². The highest BCUT2D eigenvalue weighted by Gasteiger charge is 2.22. The number of furan rings is 1. The first-order valence-electron chi connectivity index (χ1n) is 10.5. The third-order valence-electron chi connectivity index (χ3n) is 5.37. The van der Waals surface area contributed by atoms with E-state index in [0.29, 0.717) is 19.6 Å². The lowest BCUT2D eigenvalue weighted by Crippen LogP contribution is -2.48. The summed E-state index contributed by atoms with van der Waals surface area (Å²) in [5.41, 5.74) is 2.12. The van der Waals surface area contributed by atoms with Gasteiger partial charge in [0.2, 0.25) is 5.91 Å². The predicted molar refractivity (Wildman–Crippen MR) is 122 cm³/mol. The summed E-state index contributed by atoms with van der Waals surface area (Å²) in [5, 5.41) is 5.80. The van der Waals surface area contributed by atoms with E-state index in [9.17, 15) is 9.59 Å². The Morgan fingerprint density at radius 3 is 2.62 bits per heavy atom. The van der Waals surface area contributed by atoms with Gasteiger partial charge in [-0.2, -0.15) is 0 Å². The van der Waals surface area contributed by atoms with Crippen LogP contribution in [0.3, 0.4) is 0 Å². The highest BCUT2D eigenvalue weighted by Crippen LogP contribution is 2.26. The minimum atomic E-state index is -0.301. The van der Waals surface area contributed by atoms with Crippen molar-refractivity contribution in [2.45, 2.75) is 13.0 Å². The smallest absolute Gasteiger partial charge is 0.286 e. The highest BCUT2D eigenvalue weighted by molar-refractivity contribution is 7.13. The fourth-order valence-electron chi connectivity index (χ4n) is 3.57. The zero-order chi connectivity index (χ0) is 22.3. The largest absolute Gasteiger partial charge is 0.497 e. The lowest BCUT2D eigenvalue weighted by molar-refractivity contribution is -0.132. The summed E-state index contributed by atoms with van der Waals surface area (Å²) in [6, 6.07) is 11.2. The SMILES string of the molecule is COc1ccc(-c2nc(CN3CCN(C(=O)CCNC(=O)c4ccco4)CC3)cs2)cc1.